The maximum atomic E-state index is 14.8. The van der Waals surface area contributed by atoms with E-state index in [0.717, 1.165) is 42.4 Å². The summed E-state index contributed by atoms with van der Waals surface area (Å²) < 4.78 is 15.8. The Bertz CT molecular complexity index is 3280. The summed E-state index contributed by atoms with van der Waals surface area (Å²) in [4.78, 5) is 102. The third-order valence-corrected chi connectivity index (χ3v) is 20.5. The normalized spacial score (nSPS) is 24.4. The van der Waals surface area contributed by atoms with Crippen LogP contribution in [0, 0.1) is 23.7 Å². The summed E-state index contributed by atoms with van der Waals surface area (Å²) in [7, 11) is 3.41. The van der Waals surface area contributed by atoms with E-state index in [4.69, 9.17) is 9.47 Å². The van der Waals surface area contributed by atoms with Gasteiger partial charge in [0.05, 0.1) is 62.4 Å². The molecule has 1 aliphatic carbocycles. The van der Waals surface area contributed by atoms with Crippen LogP contribution < -0.4 is 37.2 Å². The van der Waals surface area contributed by atoms with Crippen molar-refractivity contribution >= 4 is 41.4 Å². The number of benzene rings is 3. The van der Waals surface area contributed by atoms with Gasteiger partial charge in [0.2, 0.25) is 41.4 Å². The van der Waals surface area contributed by atoms with E-state index < -0.39 is 60.2 Å². The number of amides is 7. The Balaban J connectivity index is 0.629. The monoisotopic (exact) mass is 1320 g/mol. The van der Waals surface area contributed by atoms with Crippen molar-refractivity contribution in [2.75, 3.05) is 53.7 Å². The van der Waals surface area contributed by atoms with Crippen LogP contribution >= 0.6 is 0 Å². The maximum Gasteiger partial charge on any atom is 0.246 e. The summed E-state index contributed by atoms with van der Waals surface area (Å²) in [5.74, 6) is -2.02. The Morgan fingerprint density at radius 1 is 0.562 bits per heavy atom. The molecule has 4 saturated heterocycles. The molecule has 25 heteroatoms. The second-order valence-corrected chi connectivity index (χ2v) is 26.6. The number of aryl methyl sites for hydroxylation is 1. The van der Waals surface area contributed by atoms with E-state index >= 15 is 0 Å². The molecule has 2 aromatic heterocycles. The van der Waals surface area contributed by atoms with E-state index in [1.807, 2.05) is 117 Å². The molecular formula is C71H99N15O10. The number of nitrogens with one attached hydrogen (secondary N) is 7. The second kappa shape index (κ2) is 34.8. The standard InChI is InChI=1S/C71H99N15O10/c1-5-56(72-3)66(89)77-64-51(26-29-54-31-33-59(85(54)70(64)93)68(91)75-62(48-16-10-7-11-17-48)49-18-12-8-13-19-49)40-74-61(88)35-28-53-41-83(81-79-53)36-38-95-44-46-22-24-47(25-23-46)45-96-39-37-84-42-58(80-82-84)63(50-20-14-9-15-21-50)76-69(92)60-34-32-55-30-27-52(43-87)65(71(94)86(55)60)78-67(90)57(6-2)73-4/h7-21,41-42,46-47,51-52,54-57,59-60,62-65,72-73,87H,5-6,22-40,43-45H2,1-4H3,(H,74,88)(H,75,91)(H,76,92)(H,77,89)(H,78,90)/t46?,47?,51-,52-,54+,55+,56+,57+,59+,60+,63+,64+,65+/m1/s1. The molecule has 0 spiro atoms. The predicted octanol–water partition coefficient (Wildman–Crippen LogP) is 4.07. The molecule has 4 aliphatic heterocycles. The zero-order chi connectivity index (χ0) is 67.5. The van der Waals surface area contributed by atoms with E-state index in [1.54, 1.807) is 33.3 Å². The number of aliphatic hydroxyl groups excluding tert-OH is 1. The summed E-state index contributed by atoms with van der Waals surface area (Å²) in [6, 6.07) is 23.3. The molecule has 5 aliphatic rings. The summed E-state index contributed by atoms with van der Waals surface area (Å²) in [5.41, 5.74) is 3.89. The highest BCUT2D eigenvalue weighted by Gasteiger charge is 2.50. The first-order valence-corrected chi connectivity index (χ1v) is 34.9. The number of ether oxygens (including phenoxy) is 2. The molecule has 1 saturated carbocycles. The number of carbonyl (C=O) groups excluding carboxylic acids is 7. The topological polar surface area (TPSA) is 310 Å². The third-order valence-electron chi connectivity index (χ3n) is 20.5. The van der Waals surface area contributed by atoms with E-state index in [1.165, 1.54) is 0 Å². The van der Waals surface area contributed by atoms with Gasteiger partial charge in [0.15, 0.2) is 0 Å². The summed E-state index contributed by atoms with van der Waals surface area (Å²) in [5, 5.41) is 49.4. The number of hydrogen-bond acceptors (Lipinski definition) is 16. The molecule has 5 fully saturated rings. The maximum absolute atomic E-state index is 14.8. The molecule has 518 valence electrons. The van der Waals surface area contributed by atoms with Crippen LogP contribution in [0.2, 0.25) is 0 Å². The molecule has 10 rings (SSSR count). The highest BCUT2D eigenvalue weighted by molar-refractivity contribution is 5.95. The van der Waals surface area contributed by atoms with Gasteiger partial charge in [0.25, 0.3) is 0 Å². The van der Waals surface area contributed by atoms with Crippen LogP contribution in [0.3, 0.4) is 0 Å². The Morgan fingerprint density at radius 2 is 1.01 bits per heavy atom. The number of aliphatic hydroxyl groups is 1. The fraction of sp³-hybridized carbons (Fsp3) is 0.592. The number of hydrogen-bond donors (Lipinski definition) is 8. The van der Waals surface area contributed by atoms with Crippen molar-refractivity contribution in [3.63, 3.8) is 0 Å². The predicted molar refractivity (Wildman–Crippen MR) is 358 cm³/mol. The highest BCUT2D eigenvalue weighted by Crippen LogP contribution is 2.37. The lowest BCUT2D eigenvalue weighted by Crippen LogP contribution is -2.59. The van der Waals surface area contributed by atoms with Crippen molar-refractivity contribution in [2.24, 2.45) is 23.7 Å². The van der Waals surface area contributed by atoms with Gasteiger partial charge < -0.3 is 61.6 Å². The number of rotatable bonds is 32. The molecule has 7 amide bonds. The van der Waals surface area contributed by atoms with Crippen molar-refractivity contribution in [1.82, 2.24) is 77.0 Å². The van der Waals surface area contributed by atoms with Gasteiger partial charge in [-0.1, -0.05) is 115 Å². The van der Waals surface area contributed by atoms with E-state index in [9.17, 15) is 38.7 Å². The van der Waals surface area contributed by atoms with Gasteiger partial charge in [-0.3, -0.25) is 33.6 Å². The molecule has 3 aromatic carbocycles. The Kier molecular flexibility index (Phi) is 25.7. The molecule has 0 bridgehead atoms. The quantitative estimate of drug-likeness (QED) is 0.0282. The number of aromatic nitrogens is 6. The highest BCUT2D eigenvalue weighted by atomic mass is 16.5. The van der Waals surface area contributed by atoms with Crippen LogP contribution in [0.15, 0.2) is 103 Å². The third kappa shape index (κ3) is 18.0. The fourth-order valence-corrected chi connectivity index (χ4v) is 14.9. The van der Waals surface area contributed by atoms with Crippen LogP contribution in [0.1, 0.15) is 150 Å². The first kappa shape index (κ1) is 70.8. The first-order chi connectivity index (χ1) is 46.8. The van der Waals surface area contributed by atoms with Crippen LogP contribution in [0.25, 0.3) is 0 Å². The smallest absolute Gasteiger partial charge is 0.246 e. The summed E-state index contributed by atoms with van der Waals surface area (Å²) >= 11 is 0. The number of carbonyl (C=O) groups is 7. The molecule has 11 atom stereocenters. The average molecular weight is 1320 g/mol. The summed E-state index contributed by atoms with van der Waals surface area (Å²) in [6.07, 6.45) is 14.0. The van der Waals surface area contributed by atoms with E-state index in [0.29, 0.717) is 133 Å². The Labute approximate surface area is 563 Å². The van der Waals surface area contributed by atoms with Crippen LogP contribution in [-0.4, -0.2) is 188 Å². The largest absolute Gasteiger partial charge is 0.396 e. The molecule has 0 radical (unpaired) electrons. The SMILES string of the molecule is CC[C@H](NC)C(=O)N[C@@H]1C(=O)N2[C@@H](CC[C@@H]1CNC(=O)CCc1cn(CCOCC3CCC(COCCn4cc([C@@H](NC(=O)[C@@H]5CC[C@@H]6CC[C@H](CO)[C@H](NC(=O)[C@H](CC)NC)C(=O)N65)c5ccccc5)nn4)CC3)nn1)CC[C@H]2C(=O)NC(c1ccccc1)c1ccccc1. The minimum atomic E-state index is -0.947. The van der Waals surface area contributed by atoms with Crippen molar-refractivity contribution in [3.05, 3.63) is 131 Å². The average Bonchev–Trinajstić information content (AvgIpc) is 1.62. The minimum absolute atomic E-state index is 0.158. The van der Waals surface area contributed by atoms with Gasteiger partial charge >= 0.3 is 0 Å². The molecule has 6 heterocycles. The second-order valence-electron chi connectivity index (χ2n) is 26.6. The zero-order valence-corrected chi connectivity index (χ0v) is 56.1. The first-order valence-electron chi connectivity index (χ1n) is 34.9. The van der Waals surface area contributed by atoms with Crippen molar-refractivity contribution in [2.45, 2.75) is 190 Å². The molecule has 5 aromatic rings. The van der Waals surface area contributed by atoms with Gasteiger partial charge in [-0.25, -0.2) is 9.36 Å². The van der Waals surface area contributed by atoms with Crippen molar-refractivity contribution < 1.29 is 48.1 Å². The fourth-order valence-electron chi connectivity index (χ4n) is 14.9. The van der Waals surface area contributed by atoms with Crippen LogP contribution in [0.5, 0.6) is 0 Å². The molecule has 0 unspecified atom stereocenters. The van der Waals surface area contributed by atoms with Gasteiger partial charge in [0, 0.05) is 69.3 Å². The molecule has 25 nitrogen and oxygen atoms in total. The summed E-state index contributed by atoms with van der Waals surface area (Å²) in [6.45, 7) is 6.88. The van der Waals surface area contributed by atoms with Gasteiger partial charge in [0.1, 0.15) is 29.9 Å². The lowest BCUT2D eigenvalue weighted by atomic mass is 9.83. The lowest BCUT2D eigenvalue weighted by molar-refractivity contribution is -0.144. The van der Waals surface area contributed by atoms with E-state index in [-0.39, 0.29) is 73.0 Å². The Morgan fingerprint density at radius 3 is 1.50 bits per heavy atom. The Hall–Kier alpha value is -7.97. The van der Waals surface area contributed by atoms with Gasteiger partial charge in [-0.05, 0) is 133 Å². The lowest BCUT2D eigenvalue weighted by Gasteiger charge is -2.33. The van der Waals surface area contributed by atoms with Crippen LogP contribution in [-0.2, 0) is 62.5 Å². The number of nitrogens with zero attached hydrogens (tertiary/aromatic N) is 8. The molecular weight excluding hydrogens is 1220 g/mol. The van der Waals surface area contributed by atoms with Crippen LogP contribution in [0.4, 0.5) is 0 Å². The van der Waals surface area contributed by atoms with Gasteiger partial charge in [-0.15, -0.1) is 10.2 Å². The van der Waals surface area contributed by atoms with Crippen molar-refractivity contribution in [3.8, 4) is 0 Å². The van der Waals surface area contributed by atoms with E-state index in [2.05, 4.69) is 57.8 Å². The number of fused-ring (bicyclic) bond motifs is 2. The van der Waals surface area contributed by atoms with Gasteiger partial charge in [-0.2, -0.15) is 0 Å². The molecule has 96 heavy (non-hydrogen) atoms. The minimum Gasteiger partial charge on any atom is -0.396 e. The number of likely N-dealkylation sites (N-methyl/N-ethyl adjacent to an activating group) is 2. The zero-order valence-electron chi connectivity index (χ0n) is 56.1. The molecule has 8 N–H and O–H groups in total. The van der Waals surface area contributed by atoms with Crippen molar-refractivity contribution in [1.29, 1.82) is 0 Å².